The van der Waals surface area contributed by atoms with E-state index in [1.807, 2.05) is 18.2 Å². The molecule has 0 spiro atoms. The Kier molecular flexibility index (Phi) is 2.57. The van der Waals surface area contributed by atoms with Crippen LogP contribution in [0.25, 0.3) is 22.6 Å². The molecule has 2 aromatic heterocycles. The van der Waals surface area contributed by atoms with Gasteiger partial charge in [0.1, 0.15) is 17.7 Å². The quantitative estimate of drug-likeness (QED) is 0.749. The summed E-state index contributed by atoms with van der Waals surface area (Å²) in [7, 11) is 0. The first-order valence-electron chi connectivity index (χ1n) is 4.85. The van der Waals surface area contributed by atoms with Gasteiger partial charge in [0.25, 0.3) is 0 Å². The lowest BCUT2D eigenvalue weighted by molar-refractivity contribution is 1.20. The third-order valence-corrected chi connectivity index (χ3v) is 3.15. The lowest BCUT2D eigenvalue weighted by Crippen LogP contribution is -1.82. The molecule has 3 rings (SSSR count). The van der Waals surface area contributed by atoms with Gasteiger partial charge in [-0.25, -0.2) is 15.0 Å². The molecule has 6 heteroatoms. The van der Waals surface area contributed by atoms with Gasteiger partial charge in [-0.15, -0.1) is 0 Å². The minimum absolute atomic E-state index is 0.631. The summed E-state index contributed by atoms with van der Waals surface area (Å²) < 4.78 is 0.933. The summed E-state index contributed by atoms with van der Waals surface area (Å²) in [5.41, 5.74) is 2.27. The van der Waals surface area contributed by atoms with E-state index in [1.165, 1.54) is 6.33 Å². The first kappa shape index (κ1) is 10.7. The summed E-state index contributed by atoms with van der Waals surface area (Å²) in [5, 5.41) is 0.631. The fourth-order valence-corrected chi connectivity index (χ4v) is 2.33. The van der Waals surface area contributed by atoms with Crippen LogP contribution in [-0.2, 0) is 0 Å². The van der Waals surface area contributed by atoms with Crippen molar-refractivity contribution in [2.75, 3.05) is 0 Å². The summed E-state index contributed by atoms with van der Waals surface area (Å²) >= 11 is 9.53. The van der Waals surface area contributed by atoms with Crippen LogP contribution in [0.3, 0.4) is 0 Å². The number of rotatable bonds is 1. The first-order valence-corrected chi connectivity index (χ1v) is 6.02. The summed E-state index contributed by atoms with van der Waals surface area (Å²) in [6, 6.07) is 5.65. The van der Waals surface area contributed by atoms with Gasteiger partial charge in [-0.1, -0.05) is 27.5 Å². The Bertz CT molecular complexity index is 662. The van der Waals surface area contributed by atoms with Gasteiger partial charge in [-0.05, 0) is 18.2 Å². The maximum atomic E-state index is 6.17. The summed E-state index contributed by atoms with van der Waals surface area (Å²) in [5.74, 6) is 0.693. The van der Waals surface area contributed by atoms with Crippen LogP contribution in [0.2, 0.25) is 5.02 Å². The zero-order valence-electron chi connectivity index (χ0n) is 8.48. The van der Waals surface area contributed by atoms with Gasteiger partial charge in [0.2, 0.25) is 0 Å². The van der Waals surface area contributed by atoms with Crippen LogP contribution < -0.4 is 0 Å². The molecule has 3 aromatic rings. The van der Waals surface area contributed by atoms with Crippen molar-refractivity contribution in [1.29, 1.82) is 0 Å². The molecule has 1 aromatic carbocycles. The van der Waals surface area contributed by atoms with Gasteiger partial charge >= 0.3 is 0 Å². The van der Waals surface area contributed by atoms with E-state index in [1.54, 1.807) is 6.20 Å². The molecule has 0 amide bonds. The average Bonchev–Trinajstić information content (AvgIpc) is 2.72. The number of aromatic nitrogens is 4. The number of halogens is 2. The van der Waals surface area contributed by atoms with Crippen molar-refractivity contribution < 1.29 is 0 Å². The van der Waals surface area contributed by atoms with Crippen molar-refractivity contribution in [3.8, 4) is 11.4 Å². The third-order valence-electron chi connectivity index (χ3n) is 2.35. The number of imidazole rings is 1. The largest absolute Gasteiger partial charge is 0.335 e. The second-order valence-corrected chi connectivity index (χ2v) is 4.79. The fourth-order valence-electron chi connectivity index (χ4n) is 1.57. The molecule has 0 aliphatic rings. The molecule has 17 heavy (non-hydrogen) atoms. The van der Waals surface area contributed by atoms with Crippen molar-refractivity contribution in [2.45, 2.75) is 0 Å². The zero-order chi connectivity index (χ0) is 11.8. The maximum Gasteiger partial charge on any atom is 0.181 e. The van der Waals surface area contributed by atoms with Gasteiger partial charge in [0.15, 0.2) is 5.65 Å². The van der Waals surface area contributed by atoms with E-state index in [0.29, 0.717) is 16.5 Å². The van der Waals surface area contributed by atoms with Crippen LogP contribution in [0.5, 0.6) is 0 Å². The zero-order valence-corrected chi connectivity index (χ0v) is 10.8. The molecule has 0 radical (unpaired) electrons. The molecule has 0 saturated heterocycles. The Morgan fingerprint density at radius 1 is 1.29 bits per heavy atom. The lowest BCUT2D eigenvalue weighted by Gasteiger charge is -2.00. The molecule has 4 nitrogen and oxygen atoms in total. The highest BCUT2D eigenvalue weighted by molar-refractivity contribution is 9.10. The summed E-state index contributed by atoms with van der Waals surface area (Å²) in [4.78, 5) is 15.5. The number of benzene rings is 1. The molecule has 0 saturated carbocycles. The lowest BCUT2D eigenvalue weighted by atomic mass is 10.2. The van der Waals surface area contributed by atoms with E-state index in [0.717, 1.165) is 15.6 Å². The molecule has 2 heterocycles. The predicted octanol–water partition coefficient (Wildman–Crippen LogP) is 3.44. The molecular weight excluding hydrogens is 304 g/mol. The van der Waals surface area contributed by atoms with Crippen LogP contribution in [0.4, 0.5) is 0 Å². The maximum absolute atomic E-state index is 6.17. The van der Waals surface area contributed by atoms with E-state index in [-0.39, 0.29) is 0 Å². The Morgan fingerprint density at radius 3 is 2.94 bits per heavy atom. The second kappa shape index (κ2) is 4.09. The SMILES string of the molecule is Clc1cc(Br)ccc1-c1nc2ncncc2[nH]1. The minimum Gasteiger partial charge on any atom is -0.335 e. The smallest absolute Gasteiger partial charge is 0.181 e. The topological polar surface area (TPSA) is 54.5 Å². The van der Waals surface area contributed by atoms with Gasteiger partial charge < -0.3 is 4.98 Å². The number of hydrogen-bond acceptors (Lipinski definition) is 3. The molecular formula is C11H6BrClN4. The standard InChI is InChI=1S/C11H6BrClN4/c12-6-1-2-7(8(13)3-6)10-16-9-4-14-5-15-11(9)17-10/h1-5H,(H,14,15,16,17). The minimum atomic E-state index is 0.631. The van der Waals surface area contributed by atoms with E-state index in [4.69, 9.17) is 11.6 Å². The molecule has 0 aliphatic carbocycles. The predicted molar refractivity (Wildman–Crippen MR) is 69.8 cm³/mol. The molecule has 0 bridgehead atoms. The van der Waals surface area contributed by atoms with E-state index >= 15 is 0 Å². The molecule has 0 aliphatic heterocycles. The molecule has 1 N–H and O–H groups in total. The Labute approximate surface area is 110 Å². The van der Waals surface area contributed by atoms with E-state index in [9.17, 15) is 0 Å². The average molecular weight is 310 g/mol. The van der Waals surface area contributed by atoms with Gasteiger partial charge in [-0.2, -0.15) is 0 Å². The van der Waals surface area contributed by atoms with Crippen molar-refractivity contribution in [1.82, 2.24) is 19.9 Å². The van der Waals surface area contributed by atoms with Crippen molar-refractivity contribution in [3.05, 3.63) is 40.2 Å². The second-order valence-electron chi connectivity index (χ2n) is 3.47. The Balaban J connectivity index is 2.20. The van der Waals surface area contributed by atoms with Crippen molar-refractivity contribution in [2.24, 2.45) is 0 Å². The van der Waals surface area contributed by atoms with Crippen LogP contribution in [0.1, 0.15) is 0 Å². The number of aromatic amines is 1. The van der Waals surface area contributed by atoms with E-state index < -0.39 is 0 Å². The van der Waals surface area contributed by atoms with Gasteiger partial charge in [-0.3, -0.25) is 0 Å². The molecule has 84 valence electrons. The third kappa shape index (κ3) is 1.92. The number of nitrogens with zero attached hydrogens (tertiary/aromatic N) is 3. The number of hydrogen-bond donors (Lipinski definition) is 1. The highest BCUT2D eigenvalue weighted by atomic mass is 79.9. The van der Waals surface area contributed by atoms with Gasteiger partial charge in [0, 0.05) is 10.0 Å². The van der Waals surface area contributed by atoms with Crippen LogP contribution in [0.15, 0.2) is 35.2 Å². The van der Waals surface area contributed by atoms with Crippen molar-refractivity contribution in [3.63, 3.8) is 0 Å². The first-order chi connectivity index (χ1) is 8.24. The Morgan fingerprint density at radius 2 is 2.18 bits per heavy atom. The Hall–Kier alpha value is -1.46. The summed E-state index contributed by atoms with van der Waals surface area (Å²) in [6.07, 6.45) is 3.15. The molecule has 0 atom stereocenters. The molecule has 0 fully saturated rings. The number of nitrogens with one attached hydrogen (secondary N) is 1. The van der Waals surface area contributed by atoms with Crippen LogP contribution >= 0.6 is 27.5 Å². The van der Waals surface area contributed by atoms with Crippen LogP contribution in [0, 0.1) is 0 Å². The fraction of sp³-hybridized carbons (Fsp3) is 0. The monoisotopic (exact) mass is 308 g/mol. The van der Waals surface area contributed by atoms with E-state index in [2.05, 4.69) is 35.9 Å². The highest BCUT2D eigenvalue weighted by Crippen LogP contribution is 2.29. The van der Waals surface area contributed by atoms with Crippen molar-refractivity contribution >= 4 is 38.7 Å². The molecule has 0 unspecified atom stereocenters. The highest BCUT2D eigenvalue weighted by Gasteiger charge is 2.09. The van der Waals surface area contributed by atoms with Gasteiger partial charge in [0.05, 0.1) is 11.2 Å². The number of H-pyrrole nitrogens is 1. The number of fused-ring (bicyclic) bond motifs is 1. The summed E-state index contributed by atoms with van der Waals surface area (Å²) in [6.45, 7) is 0. The van der Waals surface area contributed by atoms with Crippen LogP contribution in [-0.4, -0.2) is 19.9 Å². The normalized spacial score (nSPS) is 10.9.